The minimum Gasteiger partial charge on any atom is -0.336 e. The Bertz CT molecular complexity index is 574. The van der Waals surface area contributed by atoms with Crippen molar-refractivity contribution in [1.29, 1.82) is 5.26 Å². The summed E-state index contributed by atoms with van der Waals surface area (Å²) >= 11 is 0. The SMILES string of the molecule is C.CC1CN(Cc2cccc(C(=O)N3CCC(C#N)C3)n2)C1. The largest absolute Gasteiger partial charge is 0.336 e. The second-order valence-electron chi connectivity index (χ2n) is 6.18. The van der Waals surface area contributed by atoms with E-state index in [1.807, 2.05) is 12.1 Å². The molecule has 0 spiro atoms. The molecule has 118 valence electrons. The fourth-order valence-corrected chi connectivity index (χ4v) is 3.09. The van der Waals surface area contributed by atoms with Crippen LogP contribution in [0.4, 0.5) is 0 Å². The summed E-state index contributed by atoms with van der Waals surface area (Å²) in [6.45, 7) is 6.46. The number of likely N-dealkylation sites (tertiary alicyclic amines) is 2. The summed E-state index contributed by atoms with van der Waals surface area (Å²) < 4.78 is 0. The van der Waals surface area contributed by atoms with Crippen molar-refractivity contribution in [3.05, 3.63) is 29.6 Å². The van der Waals surface area contributed by atoms with Gasteiger partial charge in [-0.1, -0.05) is 20.4 Å². The zero-order chi connectivity index (χ0) is 14.8. The molecule has 0 bridgehead atoms. The Morgan fingerprint density at radius 1 is 1.41 bits per heavy atom. The first-order valence-corrected chi connectivity index (χ1v) is 7.53. The molecule has 2 saturated heterocycles. The maximum absolute atomic E-state index is 12.4. The Kier molecular flexibility index (Phi) is 5.15. The van der Waals surface area contributed by atoms with Crippen molar-refractivity contribution in [3.63, 3.8) is 0 Å². The van der Waals surface area contributed by atoms with Gasteiger partial charge in [0.25, 0.3) is 5.91 Å². The van der Waals surface area contributed by atoms with Crippen LogP contribution >= 0.6 is 0 Å². The standard InChI is InChI=1S/C16H20N4O.CH4/c1-12-8-19(9-12)11-14-3-2-4-15(18-14)16(21)20-6-5-13(7-17)10-20;/h2-4,12-13H,5-6,8-11H2,1H3;1H4. The van der Waals surface area contributed by atoms with Crippen molar-refractivity contribution in [3.8, 4) is 6.07 Å². The first-order valence-electron chi connectivity index (χ1n) is 7.53. The Hall–Kier alpha value is -1.93. The summed E-state index contributed by atoms with van der Waals surface area (Å²) in [5.41, 5.74) is 1.45. The molecule has 0 N–H and O–H groups in total. The van der Waals surface area contributed by atoms with E-state index < -0.39 is 0 Å². The van der Waals surface area contributed by atoms with Gasteiger partial charge in [-0.05, 0) is 24.5 Å². The average Bonchev–Trinajstić information content (AvgIpc) is 2.94. The van der Waals surface area contributed by atoms with Gasteiger partial charge in [-0.15, -0.1) is 0 Å². The molecule has 1 amide bonds. The van der Waals surface area contributed by atoms with Crippen LogP contribution < -0.4 is 0 Å². The average molecular weight is 300 g/mol. The second kappa shape index (κ2) is 6.89. The molecule has 22 heavy (non-hydrogen) atoms. The molecule has 2 fully saturated rings. The van der Waals surface area contributed by atoms with Crippen LogP contribution in [0.5, 0.6) is 0 Å². The summed E-state index contributed by atoms with van der Waals surface area (Å²) in [5.74, 6) is 0.689. The molecular formula is C17H24N4O. The number of aromatic nitrogens is 1. The molecular weight excluding hydrogens is 276 g/mol. The van der Waals surface area contributed by atoms with Crippen LogP contribution in [0.15, 0.2) is 18.2 Å². The lowest BCUT2D eigenvalue weighted by molar-refractivity contribution is 0.0781. The number of hydrogen-bond acceptors (Lipinski definition) is 4. The second-order valence-corrected chi connectivity index (χ2v) is 6.18. The van der Waals surface area contributed by atoms with E-state index in [2.05, 4.69) is 22.9 Å². The maximum atomic E-state index is 12.4. The summed E-state index contributed by atoms with van der Waals surface area (Å²) in [7, 11) is 0. The van der Waals surface area contributed by atoms with Crippen LogP contribution in [0.3, 0.4) is 0 Å². The lowest BCUT2D eigenvalue weighted by Crippen LogP contribution is -2.44. The highest BCUT2D eigenvalue weighted by atomic mass is 16.2. The summed E-state index contributed by atoms with van der Waals surface area (Å²) in [4.78, 5) is 21.0. The molecule has 2 aliphatic heterocycles. The van der Waals surface area contributed by atoms with E-state index in [-0.39, 0.29) is 19.3 Å². The van der Waals surface area contributed by atoms with Crippen LogP contribution in [0, 0.1) is 23.2 Å². The number of hydrogen-bond donors (Lipinski definition) is 0. The van der Waals surface area contributed by atoms with E-state index in [0.29, 0.717) is 18.8 Å². The molecule has 1 atom stereocenters. The summed E-state index contributed by atoms with van der Waals surface area (Å²) in [6, 6.07) is 7.88. The molecule has 0 radical (unpaired) electrons. The minimum absolute atomic E-state index is 0. The van der Waals surface area contributed by atoms with E-state index in [4.69, 9.17) is 5.26 Å². The molecule has 0 aliphatic carbocycles. The van der Waals surface area contributed by atoms with E-state index in [9.17, 15) is 4.79 Å². The quantitative estimate of drug-likeness (QED) is 0.858. The highest BCUT2D eigenvalue weighted by Gasteiger charge is 2.28. The van der Waals surface area contributed by atoms with Gasteiger partial charge in [0.05, 0.1) is 17.7 Å². The molecule has 3 heterocycles. The van der Waals surface area contributed by atoms with Crippen molar-refractivity contribution in [2.24, 2.45) is 11.8 Å². The monoisotopic (exact) mass is 300 g/mol. The van der Waals surface area contributed by atoms with Crippen LogP contribution in [-0.4, -0.2) is 46.9 Å². The van der Waals surface area contributed by atoms with Gasteiger partial charge in [0.1, 0.15) is 5.69 Å². The topological polar surface area (TPSA) is 60.2 Å². The number of carbonyl (C=O) groups excluding carboxylic acids is 1. The lowest BCUT2D eigenvalue weighted by Gasteiger charge is -2.36. The Morgan fingerprint density at radius 3 is 2.82 bits per heavy atom. The maximum Gasteiger partial charge on any atom is 0.272 e. The highest BCUT2D eigenvalue weighted by Crippen LogP contribution is 2.19. The predicted molar refractivity (Wildman–Crippen MR) is 85.0 cm³/mol. The van der Waals surface area contributed by atoms with Crippen molar-refractivity contribution in [2.75, 3.05) is 26.2 Å². The smallest absolute Gasteiger partial charge is 0.272 e. The van der Waals surface area contributed by atoms with E-state index >= 15 is 0 Å². The van der Waals surface area contributed by atoms with Gasteiger partial charge < -0.3 is 4.90 Å². The summed E-state index contributed by atoms with van der Waals surface area (Å²) in [5, 5.41) is 8.93. The van der Waals surface area contributed by atoms with Gasteiger partial charge in [-0.25, -0.2) is 4.98 Å². The van der Waals surface area contributed by atoms with Crippen molar-refractivity contribution < 1.29 is 4.79 Å². The van der Waals surface area contributed by atoms with E-state index in [1.165, 1.54) is 0 Å². The van der Waals surface area contributed by atoms with Crippen LogP contribution in [0.1, 0.15) is 37.0 Å². The highest BCUT2D eigenvalue weighted by molar-refractivity contribution is 5.92. The number of nitrogens with zero attached hydrogens (tertiary/aromatic N) is 4. The zero-order valence-corrected chi connectivity index (χ0v) is 12.3. The number of pyridine rings is 1. The molecule has 1 aromatic heterocycles. The molecule has 0 saturated carbocycles. The Labute approximate surface area is 132 Å². The van der Waals surface area contributed by atoms with E-state index in [0.717, 1.165) is 37.7 Å². The fraction of sp³-hybridized carbons (Fsp3) is 0.588. The van der Waals surface area contributed by atoms with Crippen LogP contribution in [0.25, 0.3) is 0 Å². The molecule has 1 unspecified atom stereocenters. The molecule has 2 aliphatic rings. The molecule has 0 aromatic carbocycles. The van der Waals surface area contributed by atoms with Gasteiger partial charge in [-0.2, -0.15) is 5.26 Å². The number of nitriles is 1. The van der Waals surface area contributed by atoms with Gasteiger partial charge in [-0.3, -0.25) is 9.69 Å². The Balaban J connectivity index is 0.00000176. The van der Waals surface area contributed by atoms with Crippen molar-refractivity contribution in [1.82, 2.24) is 14.8 Å². The van der Waals surface area contributed by atoms with Crippen LogP contribution in [0.2, 0.25) is 0 Å². The molecule has 1 aromatic rings. The number of amides is 1. The third-order valence-corrected chi connectivity index (χ3v) is 4.21. The van der Waals surface area contributed by atoms with E-state index in [1.54, 1.807) is 11.0 Å². The third kappa shape index (κ3) is 3.45. The normalized spacial score (nSPS) is 21.8. The van der Waals surface area contributed by atoms with Gasteiger partial charge in [0, 0.05) is 32.7 Å². The fourth-order valence-electron chi connectivity index (χ4n) is 3.09. The predicted octanol–water partition coefficient (Wildman–Crippen LogP) is 2.16. The minimum atomic E-state index is -0.0495. The molecule has 5 nitrogen and oxygen atoms in total. The Morgan fingerprint density at radius 2 is 2.18 bits per heavy atom. The van der Waals surface area contributed by atoms with Gasteiger partial charge in [0.15, 0.2) is 0 Å². The third-order valence-electron chi connectivity index (χ3n) is 4.21. The van der Waals surface area contributed by atoms with Gasteiger partial charge >= 0.3 is 0 Å². The number of rotatable bonds is 3. The van der Waals surface area contributed by atoms with Crippen molar-refractivity contribution >= 4 is 5.91 Å². The first-order chi connectivity index (χ1) is 10.2. The zero-order valence-electron chi connectivity index (χ0n) is 12.3. The number of carbonyl (C=O) groups is 1. The lowest BCUT2D eigenvalue weighted by atomic mass is 10.0. The molecule has 5 heteroatoms. The molecule has 3 rings (SSSR count). The van der Waals surface area contributed by atoms with Crippen molar-refractivity contribution in [2.45, 2.75) is 27.3 Å². The van der Waals surface area contributed by atoms with Crippen LogP contribution in [-0.2, 0) is 6.54 Å². The van der Waals surface area contributed by atoms with Gasteiger partial charge in [0.2, 0.25) is 0 Å². The summed E-state index contributed by atoms with van der Waals surface area (Å²) in [6.07, 6.45) is 0.771. The first kappa shape index (κ1) is 16.4.